The van der Waals surface area contributed by atoms with Gasteiger partial charge in [-0.1, -0.05) is 47.5 Å². The summed E-state index contributed by atoms with van der Waals surface area (Å²) in [4.78, 5) is 16.6. The van der Waals surface area contributed by atoms with Gasteiger partial charge < -0.3 is 15.8 Å². The van der Waals surface area contributed by atoms with Crippen molar-refractivity contribution >= 4 is 40.6 Å². The highest BCUT2D eigenvalue weighted by molar-refractivity contribution is 6.35. The third-order valence-electron chi connectivity index (χ3n) is 4.20. The van der Waals surface area contributed by atoms with E-state index in [0.29, 0.717) is 27.0 Å². The fourth-order valence-corrected chi connectivity index (χ4v) is 3.03. The van der Waals surface area contributed by atoms with Gasteiger partial charge in [0.2, 0.25) is 0 Å². The van der Waals surface area contributed by atoms with Crippen LogP contribution in [-0.2, 0) is 0 Å². The second kappa shape index (κ2) is 8.50. The van der Waals surface area contributed by atoms with Crippen molar-refractivity contribution in [3.05, 3.63) is 81.5 Å². The van der Waals surface area contributed by atoms with Crippen molar-refractivity contribution in [2.75, 3.05) is 11.1 Å². The van der Waals surface area contributed by atoms with Crippen LogP contribution in [0.4, 0.5) is 11.5 Å². The Morgan fingerprint density at radius 3 is 2.71 bits per heavy atom. The van der Waals surface area contributed by atoms with E-state index < -0.39 is 0 Å². The number of nitrogens with two attached hydrogens (primary N) is 1. The van der Waals surface area contributed by atoms with Crippen LogP contribution in [0.15, 0.2) is 54.7 Å². The third kappa shape index (κ3) is 4.55. The summed E-state index contributed by atoms with van der Waals surface area (Å²) >= 11 is 12.2. The summed E-state index contributed by atoms with van der Waals surface area (Å²) in [7, 11) is 0. The molecule has 1 atom stereocenters. The van der Waals surface area contributed by atoms with Gasteiger partial charge in [-0.15, -0.1) is 0 Å². The Kier molecular flexibility index (Phi) is 6.07. The van der Waals surface area contributed by atoms with Crippen LogP contribution in [0.25, 0.3) is 0 Å². The van der Waals surface area contributed by atoms with E-state index in [-0.39, 0.29) is 17.8 Å². The summed E-state index contributed by atoms with van der Waals surface area (Å²) in [6.07, 6.45) is 1.13. The normalized spacial score (nSPS) is 11.7. The minimum Gasteiger partial charge on any atom is -0.482 e. The summed E-state index contributed by atoms with van der Waals surface area (Å²) in [5.41, 5.74) is 8.59. The average Bonchev–Trinajstić information content (AvgIpc) is 2.67. The number of pyridine rings is 1. The minimum absolute atomic E-state index is 0.259. The van der Waals surface area contributed by atoms with E-state index in [1.54, 1.807) is 24.3 Å². The standard InChI is InChI=1S/C21H19Cl2N3O2/c1-12-5-3-8-17(19(12)23)21(27)26-16-7-4-6-14(9-16)13(2)28-18-10-15(22)11-25-20(18)24/h3-11,13H,1-2H3,(H2,24,25)(H,26,27)/t13-/m0/s1. The first kappa shape index (κ1) is 20.0. The lowest BCUT2D eigenvalue weighted by atomic mass is 10.1. The Balaban J connectivity index is 1.77. The van der Waals surface area contributed by atoms with Gasteiger partial charge in [-0.2, -0.15) is 0 Å². The van der Waals surface area contributed by atoms with E-state index in [9.17, 15) is 4.79 Å². The van der Waals surface area contributed by atoms with Crippen molar-refractivity contribution in [1.29, 1.82) is 0 Å². The number of carbonyl (C=O) groups is 1. The molecule has 3 aromatic rings. The SMILES string of the molecule is Cc1cccc(C(=O)Nc2cccc([C@H](C)Oc3cc(Cl)cnc3N)c2)c1Cl. The molecule has 1 amide bonds. The first-order valence-electron chi connectivity index (χ1n) is 8.59. The zero-order chi connectivity index (χ0) is 20.3. The highest BCUT2D eigenvalue weighted by atomic mass is 35.5. The fraction of sp³-hybridized carbons (Fsp3) is 0.143. The maximum Gasteiger partial charge on any atom is 0.257 e. The van der Waals surface area contributed by atoms with Gasteiger partial charge in [-0.05, 0) is 43.2 Å². The highest BCUT2D eigenvalue weighted by Crippen LogP contribution is 2.29. The van der Waals surface area contributed by atoms with E-state index in [0.717, 1.165) is 11.1 Å². The van der Waals surface area contributed by atoms with Crippen molar-refractivity contribution in [2.24, 2.45) is 0 Å². The molecule has 0 aliphatic heterocycles. The van der Waals surface area contributed by atoms with E-state index in [2.05, 4.69) is 10.3 Å². The molecule has 0 spiro atoms. The van der Waals surface area contributed by atoms with Crippen LogP contribution in [0.5, 0.6) is 5.75 Å². The number of anilines is 2. The lowest BCUT2D eigenvalue weighted by molar-refractivity contribution is 0.102. The third-order valence-corrected chi connectivity index (χ3v) is 4.91. The van der Waals surface area contributed by atoms with Crippen LogP contribution in [0, 0.1) is 6.92 Å². The highest BCUT2D eigenvalue weighted by Gasteiger charge is 2.14. The number of benzene rings is 2. The van der Waals surface area contributed by atoms with E-state index in [1.807, 2.05) is 38.1 Å². The maximum absolute atomic E-state index is 12.6. The zero-order valence-corrected chi connectivity index (χ0v) is 16.9. The second-order valence-corrected chi connectivity index (χ2v) is 7.13. The Labute approximate surface area is 173 Å². The lowest BCUT2D eigenvalue weighted by Crippen LogP contribution is -2.13. The zero-order valence-electron chi connectivity index (χ0n) is 15.4. The summed E-state index contributed by atoms with van der Waals surface area (Å²) < 4.78 is 5.89. The molecule has 0 bridgehead atoms. The van der Waals surface area contributed by atoms with Gasteiger partial charge in [-0.3, -0.25) is 4.79 Å². The quantitative estimate of drug-likeness (QED) is 0.562. The van der Waals surface area contributed by atoms with Gasteiger partial charge in [0.25, 0.3) is 5.91 Å². The Bertz CT molecular complexity index is 1020. The maximum atomic E-state index is 12.6. The molecule has 1 heterocycles. The largest absolute Gasteiger partial charge is 0.482 e. The number of aryl methyl sites for hydroxylation is 1. The predicted octanol–water partition coefficient (Wildman–Crippen LogP) is 5.67. The number of hydrogen-bond acceptors (Lipinski definition) is 4. The van der Waals surface area contributed by atoms with Crippen LogP contribution in [0.2, 0.25) is 10.0 Å². The lowest BCUT2D eigenvalue weighted by Gasteiger charge is -2.17. The number of rotatable bonds is 5. The van der Waals surface area contributed by atoms with Crippen molar-refractivity contribution in [3.63, 3.8) is 0 Å². The van der Waals surface area contributed by atoms with Gasteiger partial charge in [0.15, 0.2) is 11.6 Å². The second-order valence-electron chi connectivity index (χ2n) is 6.31. The fourth-order valence-electron chi connectivity index (χ4n) is 2.67. The van der Waals surface area contributed by atoms with E-state index in [4.69, 9.17) is 33.7 Å². The number of amides is 1. The molecule has 3 N–H and O–H groups in total. The van der Waals surface area contributed by atoms with Crippen molar-refractivity contribution < 1.29 is 9.53 Å². The Morgan fingerprint density at radius 1 is 1.18 bits per heavy atom. The van der Waals surface area contributed by atoms with Crippen LogP contribution >= 0.6 is 23.2 Å². The van der Waals surface area contributed by atoms with E-state index >= 15 is 0 Å². The molecule has 28 heavy (non-hydrogen) atoms. The molecule has 0 fully saturated rings. The number of nitrogen functional groups attached to an aromatic ring is 1. The Hall–Kier alpha value is -2.76. The van der Waals surface area contributed by atoms with Crippen molar-refractivity contribution in [1.82, 2.24) is 4.98 Å². The molecule has 0 saturated carbocycles. The van der Waals surface area contributed by atoms with Crippen LogP contribution in [0.1, 0.15) is 34.5 Å². The van der Waals surface area contributed by atoms with Crippen molar-refractivity contribution in [3.8, 4) is 5.75 Å². The number of hydrogen-bond donors (Lipinski definition) is 2. The number of halogens is 2. The van der Waals surface area contributed by atoms with Gasteiger partial charge in [-0.25, -0.2) is 4.98 Å². The summed E-state index contributed by atoms with van der Waals surface area (Å²) in [6, 6.07) is 14.3. The first-order valence-corrected chi connectivity index (χ1v) is 9.35. The molecule has 0 aliphatic rings. The molecule has 5 nitrogen and oxygen atoms in total. The van der Waals surface area contributed by atoms with Gasteiger partial charge in [0.1, 0.15) is 6.10 Å². The summed E-state index contributed by atoms with van der Waals surface area (Å²) in [5.74, 6) is 0.387. The molecule has 0 unspecified atom stereocenters. The van der Waals surface area contributed by atoms with E-state index in [1.165, 1.54) is 6.20 Å². The van der Waals surface area contributed by atoms with Gasteiger partial charge >= 0.3 is 0 Å². The summed E-state index contributed by atoms with van der Waals surface area (Å²) in [5, 5.41) is 3.75. The topological polar surface area (TPSA) is 77.2 Å². The molecule has 0 radical (unpaired) electrons. The molecule has 7 heteroatoms. The number of carbonyl (C=O) groups excluding carboxylic acids is 1. The van der Waals surface area contributed by atoms with Crippen LogP contribution < -0.4 is 15.8 Å². The number of ether oxygens (including phenoxy) is 1. The molecule has 3 rings (SSSR count). The summed E-state index contributed by atoms with van der Waals surface area (Å²) in [6.45, 7) is 3.73. The van der Waals surface area contributed by atoms with Crippen LogP contribution in [0.3, 0.4) is 0 Å². The monoisotopic (exact) mass is 415 g/mol. The molecule has 144 valence electrons. The minimum atomic E-state index is -0.332. The van der Waals surface area contributed by atoms with Crippen LogP contribution in [-0.4, -0.2) is 10.9 Å². The smallest absolute Gasteiger partial charge is 0.257 e. The molecular weight excluding hydrogens is 397 g/mol. The predicted molar refractivity (Wildman–Crippen MR) is 113 cm³/mol. The van der Waals surface area contributed by atoms with Crippen molar-refractivity contribution in [2.45, 2.75) is 20.0 Å². The van der Waals surface area contributed by atoms with Gasteiger partial charge in [0, 0.05) is 18.0 Å². The Morgan fingerprint density at radius 2 is 1.93 bits per heavy atom. The molecule has 0 aliphatic carbocycles. The molecule has 0 saturated heterocycles. The molecule has 2 aromatic carbocycles. The number of nitrogens with zero attached hydrogens (tertiary/aromatic N) is 1. The first-order chi connectivity index (χ1) is 13.3. The number of nitrogens with one attached hydrogen (secondary N) is 1. The molecule has 1 aromatic heterocycles. The average molecular weight is 416 g/mol. The molecular formula is C21H19Cl2N3O2. The van der Waals surface area contributed by atoms with Gasteiger partial charge in [0.05, 0.1) is 15.6 Å². The number of aromatic nitrogens is 1.